The topological polar surface area (TPSA) is 110 Å². The van der Waals surface area contributed by atoms with E-state index in [4.69, 9.17) is 8.92 Å². The molecule has 4 aliphatic rings. The number of esters is 1. The molecule has 228 valence electrons. The summed E-state index contributed by atoms with van der Waals surface area (Å²) < 4.78 is 44.1. The second kappa shape index (κ2) is 10.8. The number of carbonyl (C=O) groups excluding carboxylic acids is 1. The summed E-state index contributed by atoms with van der Waals surface area (Å²) in [6, 6.07) is 0. The smallest absolute Gasteiger partial charge is 0.397 e. The van der Waals surface area contributed by atoms with E-state index in [0.29, 0.717) is 36.5 Å². The fourth-order valence-electron chi connectivity index (χ4n) is 9.92. The van der Waals surface area contributed by atoms with Crippen LogP contribution in [0.15, 0.2) is 23.3 Å². The SMILES string of the molecule is C=C(CC[C@@H](C)[C@H]1CC[C@H]2C3=C(C[C@H](OC(C)=O)[C@]12C)[C@@]1(C)CC(O)[C@H](OS(=O)(=O)O)C(C)(C)C1CC3)C(C)C. The van der Waals surface area contributed by atoms with Gasteiger partial charge in [0.2, 0.25) is 0 Å². The molecule has 9 atom stereocenters. The van der Waals surface area contributed by atoms with Gasteiger partial charge in [0, 0.05) is 18.8 Å². The monoisotopic (exact) mass is 580 g/mol. The molecule has 0 aliphatic heterocycles. The summed E-state index contributed by atoms with van der Waals surface area (Å²) in [5.41, 5.74) is 2.79. The molecule has 8 heteroatoms. The molecular formula is C32H52O7S. The number of fused-ring (bicyclic) bond motifs is 4. The van der Waals surface area contributed by atoms with E-state index in [-0.39, 0.29) is 23.4 Å². The maximum absolute atomic E-state index is 12.5. The quantitative estimate of drug-likeness (QED) is 0.187. The number of hydrogen-bond acceptors (Lipinski definition) is 6. The minimum atomic E-state index is -4.72. The van der Waals surface area contributed by atoms with Crippen molar-refractivity contribution in [3.63, 3.8) is 0 Å². The molecule has 4 aliphatic carbocycles. The first-order chi connectivity index (χ1) is 18.3. The van der Waals surface area contributed by atoms with Crippen molar-refractivity contribution in [2.45, 2.75) is 125 Å². The standard InChI is InChI=1S/C32H52O7S/c1-18(2)19(3)10-11-20(4)23-13-14-24-22-12-15-27-30(6,7)29(39-40(35,36)37)26(34)17-31(27,8)25(22)16-28(32(23,24)9)38-21(5)33/h18,20,23-24,26-29,34H,3,10-17H2,1-2,4-9H3,(H,35,36,37)/t20-,23-,24+,26?,27?,28+,29+,31-,32-/m1/s1. The molecule has 0 aromatic carbocycles. The van der Waals surface area contributed by atoms with Crippen LogP contribution in [-0.4, -0.2) is 42.4 Å². The highest BCUT2D eigenvalue weighted by atomic mass is 32.3. The van der Waals surface area contributed by atoms with E-state index in [1.807, 2.05) is 13.8 Å². The van der Waals surface area contributed by atoms with Crippen LogP contribution in [0.5, 0.6) is 0 Å². The number of ether oxygens (including phenoxy) is 1. The molecule has 2 unspecified atom stereocenters. The molecule has 0 saturated heterocycles. The number of aliphatic hydroxyl groups excluding tert-OH is 1. The molecular weight excluding hydrogens is 528 g/mol. The van der Waals surface area contributed by atoms with E-state index in [0.717, 1.165) is 38.5 Å². The molecule has 0 aromatic rings. The van der Waals surface area contributed by atoms with Gasteiger partial charge in [0.25, 0.3) is 0 Å². The molecule has 40 heavy (non-hydrogen) atoms. The third-order valence-electron chi connectivity index (χ3n) is 11.9. The van der Waals surface area contributed by atoms with Crippen LogP contribution < -0.4 is 0 Å². The lowest BCUT2D eigenvalue weighted by Gasteiger charge is -2.62. The van der Waals surface area contributed by atoms with Crippen LogP contribution in [0, 0.1) is 45.8 Å². The molecule has 0 spiro atoms. The van der Waals surface area contributed by atoms with Crippen molar-refractivity contribution in [1.82, 2.24) is 0 Å². The van der Waals surface area contributed by atoms with Gasteiger partial charge < -0.3 is 9.84 Å². The summed E-state index contributed by atoms with van der Waals surface area (Å²) in [5.74, 6) is 1.47. The van der Waals surface area contributed by atoms with E-state index in [1.54, 1.807) is 0 Å². The predicted octanol–water partition coefficient (Wildman–Crippen LogP) is 6.67. The molecule has 0 bridgehead atoms. The Kier molecular flexibility index (Phi) is 8.56. The molecule has 2 N–H and O–H groups in total. The molecule has 4 rings (SSSR count). The Hall–Kier alpha value is -1.22. The Balaban J connectivity index is 1.71. The average Bonchev–Trinajstić information content (AvgIpc) is 3.18. The minimum Gasteiger partial charge on any atom is -0.462 e. The van der Waals surface area contributed by atoms with Crippen LogP contribution in [-0.2, 0) is 24.1 Å². The van der Waals surface area contributed by atoms with Gasteiger partial charge in [-0.1, -0.05) is 71.8 Å². The molecule has 0 heterocycles. The maximum Gasteiger partial charge on any atom is 0.397 e. The van der Waals surface area contributed by atoms with E-state index >= 15 is 0 Å². The zero-order valence-electron chi connectivity index (χ0n) is 25.8. The second-order valence-electron chi connectivity index (χ2n) is 14.8. The molecule has 7 nitrogen and oxygen atoms in total. The number of allylic oxidation sites excluding steroid dienone is 2. The Bertz CT molecular complexity index is 1150. The van der Waals surface area contributed by atoms with Gasteiger partial charge in [-0.05, 0) is 85.4 Å². The van der Waals surface area contributed by atoms with Crippen molar-refractivity contribution in [3.05, 3.63) is 23.3 Å². The Morgan fingerprint density at radius 3 is 2.35 bits per heavy atom. The number of hydrogen-bond donors (Lipinski definition) is 2. The molecule has 2 fully saturated rings. The summed E-state index contributed by atoms with van der Waals surface area (Å²) >= 11 is 0. The fourth-order valence-corrected chi connectivity index (χ4v) is 10.6. The van der Waals surface area contributed by atoms with Gasteiger partial charge in [0.1, 0.15) is 12.2 Å². The summed E-state index contributed by atoms with van der Waals surface area (Å²) in [4.78, 5) is 12.5. The van der Waals surface area contributed by atoms with Crippen LogP contribution in [0.3, 0.4) is 0 Å². The van der Waals surface area contributed by atoms with E-state index < -0.39 is 33.4 Å². The molecule has 0 radical (unpaired) electrons. The first-order valence-corrected chi connectivity index (χ1v) is 16.6. The van der Waals surface area contributed by atoms with Crippen molar-refractivity contribution in [1.29, 1.82) is 0 Å². The lowest BCUT2D eigenvalue weighted by Crippen LogP contribution is -2.61. The van der Waals surface area contributed by atoms with Gasteiger partial charge in [-0.25, -0.2) is 4.18 Å². The normalized spacial score (nSPS) is 39.8. The van der Waals surface area contributed by atoms with Crippen molar-refractivity contribution in [3.8, 4) is 0 Å². The molecule has 2 saturated carbocycles. The third kappa shape index (κ3) is 5.35. The maximum atomic E-state index is 12.5. The first-order valence-electron chi connectivity index (χ1n) is 15.2. The molecule has 0 amide bonds. The van der Waals surface area contributed by atoms with Gasteiger partial charge in [-0.2, -0.15) is 8.42 Å². The Morgan fingerprint density at radius 2 is 1.77 bits per heavy atom. The Morgan fingerprint density at radius 1 is 1.12 bits per heavy atom. The third-order valence-corrected chi connectivity index (χ3v) is 12.4. The van der Waals surface area contributed by atoms with Gasteiger partial charge in [-0.15, -0.1) is 0 Å². The fraction of sp³-hybridized carbons (Fsp3) is 0.844. The first kappa shape index (κ1) is 31.7. The van der Waals surface area contributed by atoms with E-state index in [2.05, 4.69) is 41.2 Å². The number of aliphatic hydroxyl groups is 1. The summed E-state index contributed by atoms with van der Waals surface area (Å²) in [7, 11) is -4.72. The number of rotatable bonds is 8. The van der Waals surface area contributed by atoms with Crippen molar-refractivity contribution < 1.29 is 31.8 Å². The van der Waals surface area contributed by atoms with Crippen LogP contribution in [0.25, 0.3) is 0 Å². The average molecular weight is 581 g/mol. The van der Waals surface area contributed by atoms with E-state index in [9.17, 15) is 22.9 Å². The van der Waals surface area contributed by atoms with Gasteiger partial charge in [0.15, 0.2) is 0 Å². The van der Waals surface area contributed by atoms with Crippen LogP contribution >= 0.6 is 0 Å². The lowest BCUT2D eigenvalue weighted by atomic mass is 9.45. The van der Waals surface area contributed by atoms with Crippen molar-refractivity contribution in [2.75, 3.05) is 0 Å². The second-order valence-corrected chi connectivity index (χ2v) is 15.8. The summed E-state index contributed by atoms with van der Waals surface area (Å²) in [5, 5.41) is 11.3. The van der Waals surface area contributed by atoms with Gasteiger partial charge in [0.05, 0.1) is 6.10 Å². The number of carbonyl (C=O) groups is 1. The minimum absolute atomic E-state index is 0.0365. The highest BCUT2D eigenvalue weighted by molar-refractivity contribution is 7.80. The van der Waals surface area contributed by atoms with E-state index in [1.165, 1.54) is 23.6 Å². The van der Waals surface area contributed by atoms with Crippen LogP contribution in [0.2, 0.25) is 0 Å². The summed E-state index contributed by atoms with van der Waals surface area (Å²) in [6.07, 6.45) is 4.68. The van der Waals surface area contributed by atoms with Gasteiger partial charge in [-0.3, -0.25) is 9.35 Å². The van der Waals surface area contributed by atoms with Crippen molar-refractivity contribution in [2.24, 2.45) is 45.8 Å². The van der Waals surface area contributed by atoms with Crippen LogP contribution in [0.4, 0.5) is 0 Å². The van der Waals surface area contributed by atoms with Crippen LogP contribution in [0.1, 0.15) is 107 Å². The predicted molar refractivity (Wildman–Crippen MR) is 156 cm³/mol. The lowest BCUT2D eigenvalue weighted by molar-refractivity contribution is -0.166. The van der Waals surface area contributed by atoms with Gasteiger partial charge >= 0.3 is 16.4 Å². The zero-order chi connectivity index (χ0) is 30.0. The molecule has 0 aromatic heterocycles. The summed E-state index contributed by atoms with van der Waals surface area (Å²) in [6.45, 7) is 21.0. The highest BCUT2D eigenvalue weighted by Gasteiger charge is 2.64. The Labute approximate surface area is 242 Å². The van der Waals surface area contributed by atoms with Crippen molar-refractivity contribution >= 4 is 16.4 Å². The highest BCUT2D eigenvalue weighted by Crippen LogP contribution is 2.68. The largest absolute Gasteiger partial charge is 0.462 e. The zero-order valence-corrected chi connectivity index (χ0v) is 26.6.